The van der Waals surface area contributed by atoms with Crippen molar-refractivity contribution in [1.29, 1.82) is 0 Å². The second-order valence-corrected chi connectivity index (χ2v) is 8.26. The summed E-state index contributed by atoms with van der Waals surface area (Å²) in [5.74, 6) is -1.15. The Hall–Kier alpha value is -2.16. The van der Waals surface area contributed by atoms with E-state index >= 15 is 0 Å². The van der Waals surface area contributed by atoms with E-state index in [1.807, 2.05) is 0 Å². The first-order valence-electron chi connectivity index (χ1n) is 9.89. The number of rotatable bonds is 5. The van der Waals surface area contributed by atoms with E-state index in [-0.39, 0.29) is 26.7 Å². The molecular weight excluding hydrogens is 443 g/mol. The van der Waals surface area contributed by atoms with Crippen LogP contribution < -0.4 is 4.90 Å². The Morgan fingerprint density at radius 3 is 2.55 bits per heavy atom. The summed E-state index contributed by atoms with van der Waals surface area (Å²) in [4.78, 5) is 29.4. The normalized spacial score (nSPS) is 21.3. The van der Waals surface area contributed by atoms with Crippen molar-refractivity contribution in [3.63, 3.8) is 0 Å². The molecule has 2 aromatic rings. The summed E-state index contributed by atoms with van der Waals surface area (Å²) in [5, 5.41) is 12.1. The van der Waals surface area contributed by atoms with Crippen molar-refractivity contribution in [3.05, 3.63) is 63.1 Å². The number of anilines is 1. The molecule has 7 nitrogen and oxygen atoms in total. The van der Waals surface area contributed by atoms with Gasteiger partial charge in [-0.2, -0.15) is 0 Å². The monoisotopic (exact) mass is 464 g/mol. The van der Waals surface area contributed by atoms with Gasteiger partial charge < -0.3 is 19.5 Å². The Bertz CT molecular complexity index is 1020. The summed E-state index contributed by atoms with van der Waals surface area (Å²) in [6.45, 7) is 3.66. The number of esters is 1. The number of ether oxygens (including phenoxy) is 2. The third-order valence-corrected chi connectivity index (χ3v) is 6.33. The molecule has 1 fully saturated rings. The molecule has 1 saturated heterocycles. The number of nitrogens with zero attached hydrogens (tertiary/aromatic N) is 2. The Morgan fingerprint density at radius 1 is 1.16 bits per heavy atom. The number of amides is 1. The lowest BCUT2D eigenvalue weighted by atomic mass is 9.87. The summed E-state index contributed by atoms with van der Waals surface area (Å²) in [5.41, 5.74) is -1.05. The zero-order chi connectivity index (χ0) is 22.2. The molecule has 0 saturated carbocycles. The molecule has 1 unspecified atom stereocenters. The van der Waals surface area contributed by atoms with Crippen molar-refractivity contribution in [1.82, 2.24) is 4.90 Å². The van der Waals surface area contributed by atoms with Crippen LogP contribution in [-0.4, -0.2) is 68.4 Å². The van der Waals surface area contributed by atoms with Gasteiger partial charge in [0.15, 0.2) is 5.60 Å². The molecule has 2 aromatic carbocycles. The first kappa shape index (κ1) is 22.0. The van der Waals surface area contributed by atoms with Crippen molar-refractivity contribution in [2.45, 2.75) is 5.60 Å². The van der Waals surface area contributed by atoms with Gasteiger partial charge >= 0.3 is 5.97 Å². The van der Waals surface area contributed by atoms with Crippen LogP contribution in [0, 0.1) is 0 Å². The van der Waals surface area contributed by atoms with Crippen LogP contribution in [0.25, 0.3) is 0 Å². The highest BCUT2D eigenvalue weighted by Crippen LogP contribution is 2.49. The van der Waals surface area contributed by atoms with Crippen LogP contribution in [0.1, 0.15) is 21.5 Å². The molecule has 4 rings (SSSR count). The fourth-order valence-corrected chi connectivity index (χ4v) is 4.73. The minimum atomic E-state index is -2.07. The molecule has 31 heavy (non-hydrogen) atoms. The number of fused-ring (bicyclic) bond motifs is 1. The standard InChI is InChI=1S/C22H22Cl2N2O5/c1-30-20(27)14-12-17(24)19-18(13-14)26(7-6-25-8-10-31-11-9-25)21(28)22(19,29)15-4-2-3-5-16(15)23/h2-5,12-13,29H,6-11H2,1H3. The molecule has 1 amide bonds. The lowest BCUT2D eigenvalue weighted by Gasteiger charge is -2.29. The Kier molecular flexibility index (Phi) is 6.23. The molecule has 0 radical (unpaired) electrons. The predicted molar refractivity (Wildman–Crippen MR) is 117 cm³/mol. The highest BCUT2D eigenvalue weighted by Gasteiger charge is 2.53. The van der Waals surface area contributed by atoms with Crippen LogP contribution in [0.4, 0.5) is 5.69 Å². The minimum absolute atomic E-state index is 0.0857. The highest BCUT2D eigenvalue weighted by molar-refractivity contribution is 6.35. The number of carbonyl (C=O) groups is 2. The summed E-state index contributed by atoms with van der Waals surface area (Å²) in [6.07, 6.45) is 0. The molecule has 0 bridgehead atoms. The van der Waals surface area contributed by atoms with E-state index in [1.165, 1.54) is 24.1 Å². The van der Waals surface area contributed by atoms with Crippen molar-refractivity contribution < 1.29 is 24.2 Å². The van der Waals surface area contributed by atoms with Crippen LogP contribution in [0.15, 0.2) is 36.4 Å². The maximum atomic E-state index is 13.6. The number of halogens is 2. The maximum Gasteiger partial charge on any atom is 0.337 e. The van der Waals surface area contributed by atoms with Gasteiger partial charge in [0.25, 0.3) is 5.91 Å². The molecular formula is C22H22Cl2N2O5. The fourth-order valence-electron chi connectivity index (χ4n) is 4.10. The third-order valence-electron chi connectivity index (χ3n) is 5.70. The summed E-state index contributed by atoms with van der Waals surface area (Å²) in [7, 11) is 1.27. The van der Waals surface area contributed by atoms with Crippen molar-refractivity contribution >= 4 is 40.8 Å². The highest BCUT2D eigenvalue weighted by atomic mass is 35.5. The van der Waals surface area contributed by atoms with Crippen LogP contribution in [0.3, 0.4) is 0 Å². The third kappa shape index (κ3) is 3.81. The van der Waals surface area contributed by atoms with Gasteiger partial charge in [-0.3, -0.25) is 9.69 Å². The van der Waals surface area contributed by atoms with Gasteiger partial charge in [0.05, 0.1) is 36.6 Å². The number of aliphatic hydroxyl groups is 1. The first-order chi connectivity index (χ1) is 14.9. The number of benzene rings is 2. The Morgan fingerprint density at radius 2 is 1.87 bits per heavy atom. The maximum absolute atomic E-state index is 13.6. The minimum Gasteiger partial charge on any atom is -0.465 e. The molecule has 0 aliphatic carbocycles. The quantitative estimate of drug-likeness (QED) is 0.685. The molecule has 2 heterocycles. The Balaban J connectivity index is 1.81. The summed E-state index contributed by atoms with van der Waals surface area (Å²) < 4.78 is 10.2. The first-order valence-corrected chi connectivity index (χ1v) is 10.6. The Labute approximate surface area is 190 Å². The molecule has 2 aliphatic rings. The molecule has 2 aliphatic heterocycles. The lowest BCUT2D eigenvalue weighted by molar-refractivity contribution is -0.132. The molecule has 164 valence electrons. The van der Waals surface area contributed by atoms with Crippen LogP contribution in [-0.2, 0) is 19.9 Å². The van der Waals surface area contributed by atoms with Crippen molar-refractivity contribution in [3.8, 4) is 0 Å². The van der Waals surface area contributed by atoms with E-state index in [4.69, 9.17) is 32.7 Å². The van der Waals surface area contributed by atoms with Crippen LogP contribution >= 0.6 is 23.2 Å². The average molecular weight is 465 g/mol. The van der Waals surface area contributed by atoms with Crippen LogP contribution in [0.2, 0.25) is 10.0 Å². The number of carbonyl (C=O) groups excluding carboxylic acids is 2. The number of morpholine rings is 1. The van der Waals surface area contributed by atoms with Gasteiger partial charge in [0.2, 0.25) is 0 Å². The molecule has 0 aromatic heterocycles. The number of hydrogen-bond donors (Lipinski definition) is 1. The predicted octanol–water partition coefficient (Wildman–Crippen LogP) is 2.69. The molecule has 9 heteroatoms. The topological polar surface area (TPSA) is 79.3 Å². The van der Waals surface area contributed by atoms with Gasteiger partial charge in [-0.15, -0.1) is 0 Å². The van der Waals surface area contributed by atoms with E-state index in [9.17, 15) is 14.7 Å². The lowest BCUT2D eigenvalue weighted by Crippen LogP contribution is -2.46. The van der Waals surface area contributed by atoms with Gasteiger partial charge in [0, 0.05) is 42.3 Å². The SMILES string of the molecule is COC(=O)c1cc(Cl)c2c(c1)N(CCN1CCOCC1)C(=O)C2(O)c1ccccc1Cl. The smallest absolute Gasteiger partial charge is 0.337 e. The van der Waals surface area contributed by atoms with Gasteiger partial charge in [0.1, 0.15) is 0 Å². The van der Waals surface area contributed by atoms with Gasteiger partial charge in [-0.05, 0) is 18.2 Å². The second-order valence-electron chi connectivity index (χ2n) is 7.44. The number of hydrogen-bond acceptors (Lipinski definition) is 6. The van der Waals surface area contributed by atoms with Crippen LogP contribution in [0.5, 0.6) is 0 Å². The zero-order valence-corrected chi connectivity index (χ0v) is 18.4. The molecule has 1 N–H and O–H groups in total. The van der Waals surface area contributed by atoms with E-state index in [0.717, 1.165) is 13.1 Å². The average Bonchev–Trinajstić information content (AvgIpc) is 3.00. The van der Waals surface area contributed by atoms with Gasteiger partial charge in [-0.1, -0.05) is 41.4 Å². The van der Waals surface area contributed by atoms with E-state index in [0.29, 0.717) is 32.0 Å². The summed E-state index contributed by atoms with van der Waals surface area (Å²) >= 11 is 12.9. The van der Waals surface area contributed by atoms with E-state index < -0.39 is 17.5 Å². The van der Waals surface area contributed by atoms with Gasteiger partial charge in [-0.25, -0.2) is 4.79 Å². The fraction of sp³-hybridized carbons (Fsp3) is 0.364. The van der Waals surface area contributed by atoms with E-state index in [1.54, 1.807) is 24.3 Å². The van der Waals surface area contributed by atoms with Crippen molar-refractivity contribution in [2.75, 3.05) is 51.4 Å². The van der Waals surface area contributed by atoms with Crippen molar-refractivity contribution in [2.24, 2.45) is 0 Å². The largest absolute Gasteiger partial charge is 0.465 e. The zero-order valence-electron chi connectivity index (χ0n) is 16.9. The second kappa shape index (κ2) is 8.76. The van der Waals surface area contributed by atoms with E-state index in [2.05, 4.69) is 4.90 Å². The summed E-state index contributed by atoms with van der Waals surface area (Å²) in [6, 6.07) is 9.54. The molecule has 1 atom stereocenters. The number of methoxy groups -OCH3 is 1. The molecule has 0 spiro atoms.